The minimum atomic E-state index is 0.298. The van der Waals surface area contributed by atoms with Crippen molar-refractivity contribution in [3.8, 4) is 11.5 Å². The highest BCUT2D eigenvalue weighted by atomic mass is 32.1. The number of benzene rings is 1. The monoisotopic (exact) mass is 385 g/mol. The quantitative estimate of drug-likeness (QED) is 0.778. The number of ether oxygens (including phenoxy) is 2. The van der Waals surface area contributed by atoms with Crippen LogP contribution in [0.2, 0.25) is 0 Å². The van der Waals surface area contributed by atoms with Crippen LogP contribution in [0.4, 0.5) is 5.69 Å². The number of aryl methyl sites for hydroxylation is 1. The summed E-state index contributed by atoms with van der Waals surface area (Å²) < 4.78 is 13.5. The maximum Gasteiger partial charge on any atom is 0.173 e. The Morgan fingerprint density at radius 2 is 1.93 bits per heavy atom. The molecular weight excluding hydrogens is 358 g/mol. The zero-order valence-electron chi connectivity index (χ0n) is 16.0. The van der Waals surface area contributed by atoms with Gasteiger partial charge in [0.2, 0.25) is 0 Å². The van der Waals surface area contributed by atoms with Gasteiger partial charge in [-0.3, -0.25) is 0 Å². The van der Waals surface area contributed by atoms with Gasteiger partial charge in [0, 0.05) is 37.2 Å². The molecule has 0 amide bonds. The molecular formula is C21H27N3O2S. The number of rotatable bonds is 2. The Morgan fingerprint density at radius 1 is 1.11 bits per heavy atom. The summed E-state index contributed by atoms with van der Waals surface area (Å²) in [6, 6.07) is 10.5. The van der Waals surface area contributed by atoms with E-state index in [1.807, 2.05) is 18.2 Å². The summed E-state index contributed by atoms with van der Waals surface area (Å²) in [7, 11) is 2.11. The van der Waals surface area contributed by atoms with Gasteiger partial charge in [0.05, 0.1) is 6.04 Å². The number of thiocarbonyl (C=S) groups is 1. The van der Waals surface area contributed by atoms with Crippen LogP contribution >= 0.6 is 12.2 Å². The normalized spacial score (nSPS) is 22.2. The minimum absolute atomic E-state index is 0.298. The number of nitrogens with one attached hydrogen (secondary N) is 1. The standard InChI is InChI=1S/C21H27N3O2S/c1-15-5-7-18(17-4-3-10-23(17)2)24(11-9-15)21(27)22-16-6-8-19-20(14-16)26-13-12-25-19/h3-4,6,8,10,14-15,18H,5,7,9,11-13H2,1-2H3,(H,22,27)/t15-,18+/m1/s1. The third-order valence-electron chi connectivity index (χ3n) is 5.55. The molecule has 144 valence electrons. The van der Waals surface area contributed by atoms with Crippen LogP contribution in [0.15, 0.2) is 36.5 Å². The number of fused-ring (bicyclic) bond motifs is 1. The van der Waals surface area contributed by atoms with Crippen molar-refractivity contribution in [2.45, 2.75) is 32.2 Å². The van der Waals surface area contributed by atoms with Gasteiger partial charge in [0.25, 0.3) is 0 Å². The zero-order valence-corrected chi connectivity index (χ0v) is 16.8. The molecule has 1 aromatic heterocycles. The maximum absolute atomic E-state index is 5.84. The Labute approximate surface area is 166 Å². The summed E-state index contributed by atoms with van der Waals surface area (Å²) in [6.45, 7) is 4.49. The summed E-state index contributed by atoms with van der Waals surface area (Å²) in [5, 5.41) is 4.20. The van der Waals surface area contributed by atoms with Gasteiger partial charge in [-0.2, -0.15) is 0 Å². The van der Waals surface area contributed by atoms with E-state index in [2.05, 4.69) is 47.1 Å². The van der Waals surface area contributed by atoms with E-state index in [0.29, 0.717) is 19.3 Å². The van der Waals surface area contributed by atoms with Crippen LogP contribution in [0, 0.1) is 5.92 Å². The molecule has 4 rings (SSSR count). The Morgan fingerprint density at radius 3 is 2.70 bits per heavy atom. The highest BCUT2D eigenvalue weighted by Gasteiger charge is 2.28. The van der Waals surface area contributed by atoms with E-state index in [0.717, 1.165) is 47.6 Å². The lowest BCUT2D eigenvalue weighted by atomic mass is 10.0. The molecule has 0 saturated carbocycles. The van der Waals surface area contributed by atoms with Gasteiger partial charge >= 0.3 is 0 Å². The number of anilines is 1. The smallest absolute Gasteiger partial charge is 0.173 e. The number of nitrogens with zero attached hydrogens (tertiary/aromatic N) is 2. The van der Waals surface area contributed by atoms with Gasteiger partial charge in [-0.25, -0.2) is 0 Å². The second kappa shape index (κ2) is 7.80. The van der Waals surface area contributed by atoms with Crippen LogP contribution < -0.4 is 14.8 Å². The van der Waals surface area contributed by atoms with Crippen molar-refractivity contribution in [2.24, 2.45) is 13.0 Å². The molecule has 1 N–H and O–H groups in total. The van der Waals surface area contributed by atoms with E-state index in [-0.39, 0.29) is 0 Å². The fraction of sp³-hybridized carbons (Fsp3) is 0.476. The number of likely N-dealkylation sites (tertiary alicyclic amines) is 1. The Hall–Kier alpha value is -2.21. The number of aromatic nitrogens is 1. The minimum Gasteiger partial charge on any atom is -0.486 e. The number of hydrogen-bond acceptors (Lipinski definition) is 3. The molecule has 2 aromatic rings. The zero-order chi connectivity index (χ0) is 18.8. The predicted molar refractivity (Wildman–Crippen MR) is 112 cm³/mol. The molecule has 0 radical (unpaired) electrons. The lowest BCUT2D eigenvalue weighted by molar-refractivity contribution is 0.171. The topological polar surface area (TPSA) is 38.7 Å². The van der Waals surface area contributed by atoms with Crippen molar-refractivity contribution >= 4 is 23.0 Å². The maximum atomic E-state index is 5.84. The first-order chi connectivity index (χ1) is 13.1. The van der Waals surface area contributed by atoms with Crippen molar-refractivity contribution in [1.29, 1.82) is 0 Å². The van der Waals surface area contributed by atoms with Gasteiger partial charge in [-0.15, -0.1) is 0 Å². The lowest BCUT2D eigenvalue weighted by Gasteiger charge is -2.33. The van der Waals surface area contributed by atoms with Gasteiger partial charge in [-0.1, -0.05) is 6.92 Å². The Bertz CT molecular complexity index is 820. The van der Waals surface area contributed by atoms with Crippen LogP contribution in [0.25, 0.3) is 0 Å². The van der Waals surface area contributed by atoms with Crippen molar-refractivity contribution in [3.63, 3.8) is 0 Å². The van der Waals surface area contributed by atoms with Crippen molar-refractivity contribution < 1.29 is 9.47 Å². The summed E-state index contributed by atoms with van der Waals surface area (Å²) in [5.41, 5.74) is 2.25. The summed E-state index contributed by atoms with van der Waals surface area (Å²) in [4.78, 5) is 2.35. The molecule has 6 heteroatoms. The first kappa shape index (κ1) is 18.2. The molecule has 1 saturated heterocycles. The molecule has 0 spiro atoms. The van der Waals surface area contributed by atoms with Crippen molar-refractivity contribution in [3.05, 3.63) is 42.2 Å². The van der Waals surface area contributed by atoms with Gasteiger partial charge in [0.15, 0.2) is 16.6 Å². The molecule has 2 aliphatic rings. The van der Waals surface area contributed by atoms with Gasteiger partial charge < -0.3 is 24.3 Å². The van der Waals surface area contributed by atoms with Crippen LogP contribution in [0.3, 0.4) is 0 Å². The van der Waals surface area contributed by atoms with Crippen LogP contribution in [0.5, 0.6) is 11.5 Å². The second-order valence-corrected chi connectivity index (χ2v) is 7.90. The lowest BCUT2D eigenvalue weighted by Crippen LogP contribution is -2.38. The van der Waals surface area contributed by atoms with Crippen LogP contribution in [0.1, 0.15) is 37.9 Å². The first-order valence-corrected chi connectivity index (χ1v) is 10.1. The molecule has 0 unspecified atom stereocenters. The summed E-state index contributed by atoms with van der Waals surface area (Å²) in [6.07, 6.45) is 5.60. The molecule has 1 aromatic carbocycles. The van der Waals surface area contributed by atoms with E-state index < -0.39 is 0 Å². The van der Waals surface area contributed by atoms with Crippen LogP contribution in [-0.2, 0) is 7.05 Å². The molecule has 2 atom stereocenters. The second-order valence-electron chi connectivity index (χ2n) is 7.51. The van der Waals surface area contributed by atoms with Crippen molar-refractivity contribution in [1.82, 2.24) is 9.47 Å². The fourth-order valence-electron chi connectivity index (χ4n) is 3.95. The highest BCUT2D eigenvalue weighted by molar-refractivity contribution is 7.80. The molecule has 0 aliphatic carbocycles. The first-order valence-electron chi connectivity index (χ1n) is 9.70. The third kappa shape index (κ3) is 3.90. The molecule has 2 aliphatic heterocycles. The number of hydrogen-bond donors (Lipinski definition) is 1. The van der Waals surface area contributed by atoms with E-state index in [9.17, 15) is 0 Å². The highest BCUT2D eigenvalue weighted by Crippen LogP contribution is 2.35. The molecule has 5 nitrogen and oxygen atoms in total. The average molecular weight is 386 g/mol. The Kier molecular flexibility index (Phi) is 5.25. The fourth-order valence-corrected chi connectivity index (χ4v) is 4.28. The largest absolute Gasteiger partial charge is 0.486 e. The van der Waals surface area contributed by atoms with E-state index in [1.165, 1.54) is 12.1 Å². The predicted octanol–water partition coefficient (Wildman–Crippen LogP) is 4.36. The van der Waals surface area contributed by atoms with E-state index in [4.69, 9.17) is 21.7 Å². The van der Waals surface area contributed by atoms with Gasteiger partial charge in [0.1, 0.15) is 13.2 Å². The SMILES string of the molecule is C[C@@H]1CC[C@@H](c2cccn2C)N(C(=S)Nc2ccc3c(c2)OCCO3)CC1. The average Bonchev–Trinajstić information content (AvgIpc) is 2.99. The summed E-state index contributed by atoms with van der Waals surface area (Å²) >= 11 is 5.84. The van der Waals surface area contributed by atoms with Gasteiger partial charge in [-0.05, 0) is 61.7 Å². The molecule has 0 bridgehead atoms. The van der Waals surface area contributed by atoms with Crippen molar-refractivity contribution in [2.75, 3.05) is 25.1 Å². The summed E-state index contributed by atoms with van der Waals surface area (Å²) in [5.74, 6) is 2.29. The molecule has 27 heavy (non-hydrogen) atoms. The van der Waals surface area contributed by atoms with E-state index >= 15 is 0 Å². The van der Waals surface area contributed by atoms with E-state index in [1.54, 1.807) is 0 Å². The van der Waals surface area contributed by atoms with Crippen LogP contribution in [-0.4, -0.2) is 34.3 Å². The third-order valence-corrected chi connectivity index (χ3v) is 5.89. The molecule has 3 heterocycles. The molecule has 1 fully saturated rings. The Balaban J connectivity index is 1.55.